The summed E-state index contributed by atoms with van der Waals surface area (Å²) in [4.78, 5) is 11.0. The molecule has 1 aromatic carbocycles. The Balaban J connectivity index is 2.11. The SMILES string of the molecule is O=c1cc(O)cc(CCc2ccc(O)c(O)c2)o1. The summed E-state index contributed by atoms with van der Waals surface area (Å²) in [5.74, 6) is -0.130. The van der Waals surface area contributed by atoms with Crippen LogP contribution in [-0.2, 0) is 12.8 Å². The molecular weight excluding hydrogens is 236 g/mol. The predicted octanol–water partition coefficient (Wildman–Crippen LogP) is 1.54. The van der Waals surface area contributed by atoms with E-state index in [1.807, 2.05) is 0 Å². The lowest BCUT2D eigenvalue weighted by molar-refractivity contribution is 0.402. The summed E-state index contributed by atoms with van der Waals surface area (Å²) < 4.78 is 4.91. The van der Waals surface area contributed by atoms with Crippen molar-refractivity contribution in [1.82, 2.24) is 0 Å². The first-order valence-corrected chi connectivity index (χ1v) is 5.38. The van der Waals surface area contributed by atoms with Gasteiger partial charge in [-0.25, -0.2) is 4.79 Å². The third kappa shape index (κ3) is 2.82. The molecule has 0 radical (unpaired) electrons. The number of hydrogen-bond donors (Lipinski definition) is 3. The number of aryl methyl sites for hydroxylation is 2. The van der Waals surface area contributed by atoms with Gasteiger partial charge in [-0.05, 0) is 24.1 Å². The van der Waals surface area contributed by atoms with E-state index in [1.165, 1.54) is 18.2 Å². The zero-order valence-electron chi connectivity index (χ0n) is 9.46. The van der Waals surface area contributed by atoms with Crippen LogP contribution in [0, 0.1) is 0 Å². The molecule has 0 saturated heterocycles. The fraction of sp³-hybridized carbons (Fsp3) is 0.154. The third-order valence-corrected chi connectivity index (χ3v) is 2.51. The average Bonchev–Trinajstić information content (AvgIpc) is 2.29. The fourth-order valence-electron chi connectivity index (χ4n) is 1.63. The van der Waals surface area contributed by atoms with Crippen LogP contribution < -0.4 is 5.63 Å². The molecule has 0 saturated carbocycles. The topological polar surface area (TPSA) is 90.9 Å². The summed E-state index contributed by atoms with van der Waals surface area (Å²) in [7, 11) is 0. The molecule has 5 nitrogen and oxygen atoms in total. The molecule has 0 aliphatic rings. The second kappa shape index (κ2) is 4.83. The predicted molar refractivity (Wildman–Crippen MR) is 63.8 cm³/mol. The molecule has 1 heterocycles. The Bertz CT molecular complexity index is 615. The monoisotopic (exact) mass is 248 g/mol. The molecule has 0 amide bonds. The Kier molecular flexibility index (Phi) is 3.23. The van der Waals surface area contributed by atoms with Crippen molar-refractivity contribution in [3.8, 4) is 17.2 Å². The van der Waals surface area contributed by atoms with E-state index in [4.69, 9.17) is 9.52 Å². The van der Waals surface area contributed by atoms with Crippen LogP contribution in [0.3, 0.4) is 0 Å². The summed E-state index contributed by atoms with van der Waals surface area (Å²) in [5, 5.41) is 27.7. The van der Waals surface area contributed by atoms with E-state index < -0.39 is 5.63 Å². The number of phenols is 2. The molecule has 0 bridgehead atoms. The Morgan fingerprint density at radius 2 is 1.72 bits per heavy atom. The van der Waals surface area contributed by atoms with E-state index in [1.54, 1.807) is 6.07 Å². The molecule has 0 atom stereocenters. The van der Waals surface area contributed by atoms with Gasteiger partial charge in [0.1, 0.15) is 11.5 Å². The molecular formula is C13H12O5. The van der Waals surface area contributed by atoms with Gasteiger partial charge in [0, 0.05) is 12.5 Å². The lowest BCUT2D eigenvalue weighted by atomic mass is 10.1. The van der Waals surface area contributed by atoms with E-state index in [0.29, 0.717) is 18.6 Å². The van der Waals surface area contributed by atoms with Crippen molar-refractivity contribution < 1.29 is 19.7 Å². The van der Waals surface area contributed by atoms with Gasteiger partial charge in [-0.3, -0.25) is 0 Å². The average molecular weight is 248 g/mol. The van der Waals surface area contributed by atoms with E-state index in [9.17, 15) is 15.0 Å². The lowest BCUT2D eigenvalue weighted by Crippen LogP contribution is -2.00. The van der Waals surface area contributed by atoms with E-state index in [0.717, 1.165) is 11.6 Å². The van der Waals surface area contributed by atoms with E-state index in [-0.39, 0.29) is 17.2 Å². The molecule has 1 aromatic heterocycles. The molecule has 0 unspecified atom stereocenters. The number of rotatable bonds is 3. The van der Waals surface area contributed by atoms with Gasteiger partial charge < -0.3 is 19.7 Å². The van der Waals surface area contributed by atoms with Crippen molar-refractivity contribution in [3.05, 3.63) is 52.1 Å². The summed E-state index contributed by atoms with van der Waals surface area (Å²) in [6.45, 7) is 0. The van der Waals surface area contributed by atoms with Crippen LogP contribution in [0.2, 0.25) is 0 Å². The number of hydrogen-bond acceptors (Lipinski definition) is 5. The Morgan fingerprint density at radius 1 is 0.944 bits per heavy atom. The minimum atomic E-state index is -0.599. The maximum absolute atomic E-state index is 11.0. The quantitative estimate of drug-likeness (QED) is 0.717. The smallest absolute Gasteiger partial charge is 0.339 e. The van der Waals surface area contributed by atoms with Crippen molar-refractivity contribution in [3.63, 3.8) is 0 Å². The summed E-state index contributed by atoms with van der Waals surface area (Å²) >= 11 is 0. The Hall–Kier alpha value is -2.43. The van der Waals surface area contributed by atoms with Gasteiger partial charge in [0.2, 0.25) is 0 Å². The summed E-state index contributed by atoms with van der Waals surface area (Å²) in [6, 6.07) is 6.87. The zero-order valence-corrected chi connectivity index (χ0v) is 9.46. The van der Waals surface area contributed by atoms with Crippen LogP contribution in [-0.4, -0.2) is 15.3 Å². The number of aromatic hydroxyl groups is 3. The maximum Gasteiger partial charge on any atom is 0.339 e. The van der Waals surface area contributed by atoms with Crippen molar-refractivity contribution in [2.24, 2.45) is 0 Å². The minimum Gasteiger partial charge on any atom is -0.508 e. The van der Waals surface area contributed by atoms with Crippen LogP contribution in [0.25, 0.3) is 0 Å². The lowest BCUT2D eigenvalue weighted by Gasteiger charge is -2.03. The largest absolute Gasteiger partial charge is 0.508 e. The highest BCUT2D eigenvalue weighted by Gasteiger charge is 2.04. The zero-order chi connectivity index (χ0) is 13.1. The molecule has 0 spiro atoms. The highest BCUT2D eigenvalue weighted by Crippen LogP contribution is 2.25. The van der Waals surface area contributed by atoms with Gasteiger partial charge in [-0.2, -0.15) is 0 Å². The van der Waals surface area contributed by atoms with Crippen molar-refractivity contribution in [2.75, 3.05) is 0 Å². The van der Waals surface area contributed by atoms with Gasteiger partial charge in [0.25, 0.3) is 0 Å². The number of phenolic OH excluding ortho intramolecular Hbond substituents is 2. The van der Waals surface area contributed by atoms with Gasteiger partial charge in [-0.1, -0.05) is 6.07 Å². The Morgan fingerprint density at radius 3 is 2.39 bits per heavy atom. The molecule has 0 aliphatic heterocycles. The highest BCUT2D eigenvalue weighted by atomic mass is 16.4. The van der Waals surface area contributed by atoms with Gasteiger partial charge in [-0.15, -0.1) is 0 Å². The molecule has 0 aliphatic carbocycles. The first kappa shape index (κ1) is 12.0. The summed E-state index contributed by atoms with van der Waals surface area (Å²) in [6.07, 6.45) is 0.925. The third-order valence-electron chi connectivity index (χ3n) is 2.51. The van der Waals surface area contributed by atoms with E-state index >= 15 is 0 Å². The molecule has 94 valence electrons. The van der Waals surface area contributed by atoms with Crippen LogP contribution in [0.15, 0.2) is 39.5 Å². The molecule has 18 heavy (non-hydrogen) atoms. The normalized spacial score (nSPS) is 10.4. The molecule has 5 heteroatoms. The summed E-state index contributed by atoms with van der Waals surface area (Å²) in [5.41, 5.74) is 0.190. The van der Waals surface area contributed by atoms with Crippen molar-refractivity contribution in [1.29, 1.82) is 0 Å². The van der Waals surface area contributed by atoms with Crippen molar-refractivity contribution >= 4 is 0 Å². The van der Waals surface area contributed by atoms with Crippen LogP contribution in [0.5, 0.6) is 17.2 Å². The highest BCUT2D eigenvalue weighted by molar-refractivity contribution is 5.40. The van der Waals surface area contributed by atoms with Gasteiger partial charge in [0.15, 0.2) is 11.5 Å². The maximum atomic E-state index is 11.0. The first-order valence-electron chi connectivity index (χ1n) is 5.38. The number of benzene rings is 1. The Labute approximate surface area is 103 Å². The van der Waals surface area contributed by atoms with Crippen molar-refractivity contribution in [2.45, 2.75) is 12.8 Å². The first-order chi connectivity index (χ1) is 8.54. The van der Waals surface area contributed by atoms with Crippen LogP contribution >= 0.6 is 0 Å². The molecule has 2 rings (SSSR count). The fourth-order valence-corrected chi connectivity index (χ4v) is 1.63. The minimum absolute atomic E-state index is 0.130. The second-order valence-corrected chi connectivity index (χ2v) is 3.92. The van der Waals surface area contributed by atoms with Gasteiger partial charge >= 0.3 is 5.63 Å². The van der Waals surface area contributed by atoms with E-state index in [2.05, 4.69) is 0 Å². The molecule has 0 fully saturated rings. The standard InChI is InChI=1S/C13H12O5/c14-9-6-10(18-13(17)7-9)3-1-8-2-4-11(15)12(16)5-8/h2,4-7,14-16H,1,3H2. The van der Waals surface area contributed by atoms with Gasteiger partial charge in [0.05, 0.1) is 6.07 Å². The second-order valence-electron chi connectivity index (χ2n) is 3.92. The molecule has 2 aromatic rings. The van der Waals surface area contributed by atoms with Crippen LogP contribution in [0.4, 0.5) is 0 Å². The molecule has 3 N–H and O–H groups in total. The van der Waals surface area contributed by atoms with Crippen LogP contribution in [0.1, 0.15) is 11.3 Å².